The molecule has 1 aromatic heterocycles. The summed E-state index contributed by atoms with van der Waals surface area (Å²) in [6.07, 6.45) is 0. The highest BCUT2D eigenvalue weighted by atomic mass is 35.5. The number of halogens is 1. The Balaban J connectivity index is 2.05. The summed E-state index contributed by atoms with van der Waals surface area (Å²) in [5.74, 6) is 0.684. The lowest BCUT2D eigenvalue weighted by Gasteiger charge is -2.01. The van der Waals surface area contributed by atoms with Crippen LogP contribution in [-0.2, 0) is 0 Å². The molecule has 0 amide bonds. The van der Waals surface area contributed by atoms with Gasteiger partial charge in [0.15, 0.2) is 11.6 Å². The monoisotopic (exact) mass is 300 g/mol. The SMILES string of the molecule is Cc1ccc2oc(C(=Nc3cccc(Cl)c3)NO)cc2c1. The van der Waals surface area contributed by atoms with Crippen LogP contribution in [0.3, 0.4) is 0 Å². The summed E-state index contributed by atoms with van der Waals surface area (Å²) in [7, 11) is 0. The Morgan fingerprint density at radius 1 is 1.19 bits per heavy atom. The quantitative estimate of drug-likeness (QED) is 0.417. The van der Waals surface area contributed by atoms with Crippen LogP contribution in [0.15, 0.2) is 57.9 Å². The van der Waals surface area contributed by atoms with Crippen molar-refractivity contribution >= 4 is 34.1 Å². The van der Waals surface area contributed by atoms with Gasteiger partial charge in [-0.1, -0.05) is 29.3 Å². The molecule has 3 aromatic rings. The molecule has 0 unspecified atom stereocenters. The number of aryl methyl sites for hydroxylation is 1. The van der Waals surface area contributed by atoms with Crippen molar-refractivity contribution in [2.75, 3.05) is 0 Å². The van der Waals surface area contributed by atoms with Crippen molar-refractivity contribution in [3.63, 3.8) is 0 Å². The largest absolute Gasteiger partial charge is 0.453 e. The van der Waals surface area contributed by atoms with Crippen LogP contribution >= 0.6 is 11.6 Å². The van der Waals surface area contributed by atoms with Crippen molar-refractivity contribution in [2.45, 2.75) is 6.92 Å². The molecule has 106 valence electrons. The topological polar surface area (TPSA) is 57.8 Å². The van der Waals surface area contributed by atoms with Gasteiger partial charge in [0.1, 0.15) is 5.58 Å². The molecule has 0 radical (unpaired) electrons. The number of hydroxylamine groups is 1. The van der Waals surface area contributed by atoms with E-state index in [4.69, 9.17) is 16.0 Å². The molecule has 4 nitrogen and oxygen atoms in total. The van der Waals surface area contributed by atoms with Gasteiger partial charge in [-0.25, -0.2) is 10.5 Å². The maximum atomic E-state index is 9.32. The first-order valence-electron chi connectivity index (χ1n) is 6.40. The summed E-state index contributed by atoms with van der Waals surface area (Å²) in [5.41, 5.74) is 4.58. The van der Waals surface area contributed by atoms with Gasteiger partial charge in [0.2, 0.25) is 0 Å². The molecule has 0 aliphatic rings. The van der Waals surface area contributed by atoms with E-state index in [1.807, 2.05) is 31.2 Å². The minimum absolute atomic E-state index is 0.228. The molecule has 0 atom stereocenters. The third kappa shape index (κ3) is 2.91. The second-order valence-electron chi connectivity index (χ2n) is 4.70. The minimum atomic E-state index is 0.228. The van der Waals surface area contributed by atoms with Crippen LogP contribution < -0.4 is 5.48 Å². The number of nitrogens with one attached hydrogen (secondary N) is 1. The van der Waals surface area contributed by atoms with Crippen molar-refractivity contribution in [2.24, 2.45) is 4.99 Å². The molecule has 2 N–H and O–H groups in total. The third-order valence-corrected chi connectivity index (χ3v) is 3.30. The minimum Gasteiger partial charge on any atom is -0.453 e. The summed E-state index contributed by atoms with van der Waals surface area (Å²) in [6.45, 7) is 2.01. The zero-order valence-corrected chi connectivity index (χ0v) is 12.1. The van der Waals surface area contributed by atoms with Crippen LogP contribution in [0, 0.1) is 6.92 Å². The standard InChI is InChI=1S/C16H13ClN2O2/c1-10-5-6-14-11(7-10)8-15(21-14)16(19-20)18-13-4-2-3-12(17)9-13/h2-9,20H,1H3,(H,18,19). The molecule has 5 heteroatoms. The number of rotatable bonds is 2. The molecule has 0 aliphatic heterocycles. The van der Waals surface area contributed by atoms with Gasteiger partial charge in [0.25, 0.3) is 0 Å². The van der Waals surface area contributed by atoms with Gasteiger partial charge in [0.05, 0.1) is 5.69 Å². The molecule has 21 heavy (non-hydrogen) atoms. The molecule has 2 aromatic carbocycles. The molecule has 0 fully saturated rings. The van der Waals surface area contributed by atoms with Crippen molar-refractivity contribution in [1.82, 2.24) is 5.48 Å². The first-order valence-corrected chi connectivity index (χ1v) is 6.78. The van der Waals surface area contributed by atoms with E-state index < -0.39 is 0 Å². The van der Waals surface area contributed by atoms with Gasteiger partial charge in [-0.05, 0) is 43.3 Å². The second-order valence-corrected chi connectivity index (χ2v) is 5.14. The molecule has 0 aliphatic carbocycles. The van der Waals surface area contributed by atoms with Crippen LogP contribution in [0.2, 0.25) is 5.02 Å². The predicted octanol–water partition coefficient (Wildman–Crippen LogP) is 4.45. The Bertz CT molecular complexity index is 824. The van der Waals surface area contributed by atoms with Crippen LogP contribution in [0.5, 0.6) is 0 Å². The number of amidine groups is 1. The van der Waals surface area contributed by atoms with Gasteiger partial charge in [-0.2, -0.15) is 0 Å². The number of furan rings is 1. The van der Waals surface area contributed by atoms with E-state index >= 15 is 0 Å². The van der Waals surface area contributed by atoms with E-state index in [1.54, 1.807) is 24.3 Å². The van der Waals surface area contributed by atoms with Crippen LogP contribution in [-0.4, -0.2) is 11.0 Å². The van der Waals surface area contributed by atoms with E-state index in [1.165, 1.54) is 0 Å². The number of nitrogens with zero attached hydrogens (tertiary/aromatic N) is 1. The number of hydrogen-bond acceptors (Lipinski definition) is 3. The zero-order chi connectivity index (χ0) is 14.8. The van der Waals surface area contributed by atoms with Gasteiger partial charge in [0, 0.05) is 10.4 Å². The molecule has 3 rings (SSSR count). The Morgan fingerprint density at radius 2 is 2.05 bits per heavy atom. The second kappa shape index (κ2) is 5.60. The summed E-state index contributed by atoms with van der Waals surface area (Å²) in [5, 5.41) is 10.9. The smallest absolute Gasteiger partial charge is 0.193 e. The van der Waals surface area contributed by atoms with Crippen molar-refractivity contribution in [3.05, 3.63) is 64.9 Å². The summed E-state index contributed by atoms with van der Waals surface area (Å²) < 4.78 is 5.69. The van der Waals surface area contributed by atoms with E-state index in [0.717, 1.165) is 16.5 Å². The molecule has 0 saturated heterocycles. The van der Waals surface area contributed by atoms with E-state index in [0.29, 0.717) is 16.5 Å². The summed E-state index contributed by atoms with van der Waals surface area (Å²) in [4.78, 5) is 4.30. The summed E-state index contributed by atoms with van der Waals surface area (Å²) >= 11 is 5.92. The molecular formula is C16H13ClN2O2. The Morgan fingerprint density at radius 3 is 2.81 bits per heavy atom. The van der Waals surface area contributed by atoms with E-state index in [2.05, 4.69) is 10.5 Å². The van der Waals surface area contributed by atoms with Crippen LogP contribution in [0.1, 0.15) is 11.3 Å². The fraction of sp³-hybridized carbons (Fsp3) is 0.0625. The highest BCUT2D eigenvalue weighted by Gasteiger charge is 2.10. The van der Waals surface area contributed by atoms with Gasteiger partial charge >= 0.3 is 0 Å². The Hall–Kier alpha value is -2.30. The summed E-state index contributed by atoms with van der Waals surface area (Å²) in [6, 6.07) is 14.7. The fourth-order valence-corrected chi connectivity index (χ4v) is 2.27. The number of hydrogen-bond donors (Lipinski definition) is 2. The molecule has 0 bridgehead atoms. The molecular weight excluding hydrogens is 288 g/mol. The predicted molar refractivity (Wildman–Crippen MR) is 83.5 cm³/mol. The first-order chi connectivity index (χ1) is 10.2. The van der Waals surface area contributed by atoms with Crippen molar-refractivity contribution in [3.8, 4) is 0 Å². The Labute approximate surface area is 126 Å². The maximum Gasteiger partial charge on any atom is 0.193 e. The maximum absolute atomic E-state index is 9.32. The Kier molecular flexibility index (Phi) is 3.64. The number of fused-ring (bicyclic) bond motifs is 1. The van der Waals surface area contributed by atoms with Gasteiger partial charge < -0.3 is 4.42 Å². The van der Waals surface area contributed by atoms with Crippen molar-refractivity contribution in [1.29, 1.82) is 0 Å². The third-order valence-electron chi connectivity index (χ3n) is 3.06. The first kappa shape index (κ1) is 13.7. The van der Waals surface area contributed by atoms with E-state index in [9.17, 15) is 5.21 Å². The molecule has 1 heterocycles. The van der Waals surface area contributed by atoms with Crippen molar-refractivity contribution < 1.29 is 9.62 Å². The number of benzene rings is 2. The fourth-order valence-electron chi connectivity index (χ4n) is 2.09. The van der Waals surface area contributed by atoms with Gasteiger partial charge in [-0.15, -0.1) is 0 Å². The average Bonchev–Trinajstić information content (AvgIpc) is 2.87. The average molecular weight is 301 g/mol. The normalized spacial score (nSPS) is 11.9. The molecule has 0 spiro atoms. The lowest BCUT2D eigenvalue weighted by molar-refractivity contribution is 0.233. The van der Waals surface area contributed by atoms with Crippen LogP contribution in [0.25, 0.3) is 11.0 Å². The molecule has 0 saturated carbocycles. The highest BCUT2D eigenvalue weighted by Crippen LogP contribution is 2.23. The lowest BCUT2D eigenvalue weighted by Crippen LogP contribution is -2.19. The lowest BCUT2D eigenvalue weighted by atomic mass is 10.2. The van der Waals surface area contributed by atoms with Gasteiger partial charge in [-0.3, -0.25) is 5.21 Å². The van der Waals surface area contributed by atoms with E-state index in [-0.39, 0.29) is 5.84 Å². The number of aliphatic imine (C=N–C) groups is 1. The zero-order valence-electron chi connectivity index (χ0n) is 11.3. The highest BCUT2D eigenvalue weighted by molar-refractivity contribution is 6.30. The van der Waals surface area contributed by atoms with Crippen LogP contribution in [0.4, 0.5) is 5.69 Å².